The van der Waals surface area contributed by atoms with E-state index in [9.17, 15) is 14.4 Å². The number of urea groups is 1. The molecule has 4 amide bonds. The van der Waals surface area contributed by atoms with E-state index in [2.05, 4.69) is 5.32 Å². The average molecular weight is 359 g/mol. The Kier molecular flexibility index (Phi) is 5.88. The van der Waals surface area contributed by atoms with Crippen LogP contribution in [0.5, 0.6) is 0 Å². The molecule has 3 rings (SSSR count). The SMILES string of the molecule is O=C(NO)C(C1CCCCC1)N1C(=O)NC(CCc2ccccc2)C1=O. The van der Waals surface area contributed by atoms with Gasteiger partial charge in [0.25, 0.3) is 11.8 Å². The lowest BCUT2D eigenvalue weighted by molar-refractivity contribution is -0.143. The van der Waals surface area contributed by atoms with E-state index in [4.69, 9.17) is 5.21 Å². The summed E-state index contributed by atoms with van der Waals surface area (Å²) in [5.74, 6) is -1.19. The maximum atomic E-state index is 12.8. The molecule has 1 saturated heterocycles. The van der Waals surface area contributed by atoms with Crippen LogP contribution in [-0.2, 0) is 16.0 Å². The van der Waals surface area contributed by atoms with E-state index in [1.165, 1.54) is 0 Å². The second kappa shape index (κ2) is 8.31. The zero-order valence-electron chi connectivity index (χ0n) is 14.7. The molecule has 1 heterocycles. The number of hydroxylamine groups is 1. The molecule has 0 bridgehead atoms. The third-order valence-electron chi connectivity index (χ3n) is 5.37. The molecule has 2 aliphatic rings. The maximum absolute atomic E-state index is 12.8. The quantitative estimate of drug-likeness (QED) is 0.411. The molecule has 1 aromatic rings. The Bertz CT molecular complexity index is 658. The molecule has 1 aliphatic heterocycles. The highest BCUT2D eigenvalue weighted by molar-refractivity contribution is 6.07. The van der Waals surface area contributed by atoms with Crippen molar-refractivity contribution in [3.63, 3.8) is 0 Å². The first-order valence-corrected chi connectivity index (χ1v) is 9.23. The minimum atomic E-state index is -0.950. The van der Waals surface area contributed by atoms with Crippen molar-refractivity contribution < 1.29 is 19.6 Å². The zero-order chi connectivity index (χ0) is 18.5. The van der Waals surface area contributed by atoms with E-state index >= 15 is 0 Å². The molecule has 7 heteroatoms. The summed E-state index contributed by atoms with van der Waals surface area (Å²) in [5, 5.41) is 11.8. The number of hydrogen-bond acceptors (Lipinski definition) is 4. The number of aryl methyl sites for hydroxylation is 1. The molecule has 0 radical (unpaired) electrons. The lowest BCUT2D eigenvalue weighted by atomic mass is 9.83. The number of nitrogens with one attached hydrogen (secondary N) is 2. The Morgan fingerprint density at radius 3 is 2.54 bits per heavy atom. The highest BCUT2D eigenvalue weighted by Crippen LogP contribution is 2.31. The Morgan fingerprint density at radius 2 is 1.88 bits per heavy atom. The second-order valence-corrected chi connectivity index (χ2v) is 7.05. The smallest absolute Gasteiger partial charge is 0.325 e. The van der Waals surface area contributed by atoms with Crippen LogP contribution in [0, 0.1) is 5.92 Å². The summed E-state index contributed by atoms with van der Waals surface area (Å²) < 4.78 is 0. The van der Waals surface area contributed by atoms with E-state index in [0.717, 1.165) is 42.6 Å². The summed E-state index contributed by atoms with van der Waals surface area (Å²) in [5.41, 5.74) is 2.73. The maximum Gasteiger partial charge on any atom is 0.325 e. The summed E-state index contributed by atoms with van der Waals surface area (Å²) in [7, 11) is 0. The summed E-state index contributed by atoms with van der Waals surface area (Å²) in [6.45, 7) is 0. The van der Waals surface area contributed by atoms with Crippen LogP contribution >= 0.6 is 0 Å². The lowest BCUT2D eigenvalue weighted by Crippen LogP contribution is -2.53. The molecule has 2 fully saturated rings. The van der Waals surface area contributed by atoms with Gasteiger partial charge in [0.2, 0.25) is 0 Å². The number of amides is 4. The van der Waals surface area contributed by atoms with Crippen molar-refractivity contribution >= 4 is 17.8 Å². The third kappa shape index (κ3) is 3.88. The van der Waals surface area contributed by atoms with Gasteiger partial charge in [-0.3, -0.25) is 14.8 Å². The molecular weight excluding hydrogens is 334 g/mol. The molecule has 1 saturated carbocycles. The first-order chi connectivity index (χ1) is 12.6. The van der Waals surface area contributed by atoms with Crippen molar-refractivity contribution in [3.8, 4) is 0 Å². The highest BCUT2D eigenvalue weighted by Gasteiger charge is 2.47. The van der Waals surface area contributed by atoms with Gasteiger partial charge in [-0.2, -0.15) is 0 Å². The van der Waals surface area contributed by atoms with Crippen LogP contribution in [0.4, 0.5) is 4.79 Å². The monoisotopic (exact) mass is 359 g/mol. The van der Waals surface area contributed by atoms with E-state index in [0.29, 0.717) is 12.8 Å². The lowest BCUT2D eigenvalue weighted by Gasteiger charge is -2.33. The van der Waals surface area contributed by atoms with Crippen LogP contribution in [0.15, 0.2) is 30.3 Å². The Morgan fingerprint density at radius 1 is 1.19 bits per heavy atom. The molecule has 0 aromatic heterocycles. The minimum Gasteiger partial charge on any atom is -0.326 e. The van der Waals surface area contributed by atoms with E-state index in [1.54, 1.807) is 5.48 Å². The predicted octanol–water partition coefficient (Wildman–Crippen LogP) is 1.99. The van der Waals surface area contributed by atoms with Gasteiger partial charge < -0.3 is 5.32 Å². The molecule has 0 spiro atoms. The first kappa shape index (κ1) is 18.4. The van der Waals surface area contributed by atoms with Crippen molar-refractivity contribution in [1.29, 1.82) is 0 Å². The number of carbonyl (C=O) groups is 3. The van der Waals surface area contributed by atoms with Crippen molar-refractivity contribution in [2.75, 3.05) is 0 Å². The standard InChI is InChI=1S/C19H25N3O4/c23-17(21-26)16(14-9-5-2-6-10-14)22-18(24)15(20-19(22)25)12-11-13-7-3-1-4-8-13/h1,3-4,7-8,14-16,26H,2,5-6,9-12H2,(H,20,25)(H,21,23). The molecule has 1 aromatic carbocycles. The summed E-state index contributed by atoms with van der Waals surface area (Å²) in [6.07, 6.45) is 5.67. The van der Waals surface area contributed by atoms with Gasteiger partial charge in [0.05, 0.1) is 0 Å². The number of rotatable bonds is 6. The molecule has 3 N–H and O–H groups in total. The van der Waals surface area contributed by atoms with Gasteiger partial charge in [-0.1, -0.05) is 49.6 Å². The van der Waals surface area contributed by atoms with Gasteiger partial charge >= 0.3 is 6.03 Å². The van der Waals surface area contributed by atoms with Crippen LogP contribution in [-0.4, -0.2) is 40.0 Å². The normalized spacial score (nSPS) is 22.2. The number of imide groups is 1. The van der Waals surface area contributed by atoms with E-state index in [1.807, 2.05) is 30.3 Å². The second-order valence-electron chi connectivity index (χ2n) is 7.05. The number of nitrogens with zero attached hydrogens (tertiary/aromatic N) is 1. The first-order valence-electron chi connectivity index (χ1n) is 9.23. The van der Waals surface area contributed by atoms with Crippen LogP contribution in [0.1, 0.15) is 44.1 Å². The van der Waals surface area contributed by atoms with E-state index in [-0.39, 0.29) is 11.8 Å². The van der Waals surface area contributed by atoms with Gasteiger partial charge in [-0.05, 0) is 37.2 Å². The fourth-order valence-electron chi connectivity index (χ4n) is 4.02. The zero-order valence-corrected chi connectivity index (χ0v) is 14.7. The summed E-state index contributed by atoms with van der Waals surface area (Å²) in [6, 6.07) is 7.60. The van der Waals surface area contributed by atoms with Crippen LogP contribution < -0.4 is 10.8 Å². The Hall–Kier alpha value is -2.41. The van der Waals surface area contributed by atoms with Gasteiger partial charge in [0.15, 0.2) is 0 Å². The summed E-state index contributed by atoms with van der Waals surface area (Å²) in [4.78, 5) is 38.5. The van der Waals surface area contributed by atoms with Gasteiger partial charge in [-0.25, -0.2) is 15.2 Å². The number of carbonyl (C=O) groups excluding carboxylic acids is 3. The van der Waals surface area contributed by atoms with Gasteiger partial charge in [0.1, 0.15) is 12.1 Å². The molecule has 140 valence electrons. The van der Waals surface area contributed by atoms with Gasteiger partial charge in [-0.15, -0.1) is 0 Å². The third-order valence-corrected chi connectivity index (χ3v) is 5.37. The van der Waals surface area contributed by atoms with Gasteiger partial charge in [0, 0.05) is 0 Å². The Labute approximate surface area is 152 Å². The highest BCUT2D eigenvalue weighted by atomic mass is 16.5. The molecule has 1 aliphatic carbocycles. The molecule has 2 unspecified atom stereocenters. The van der Waals surface area contributed by atoms with Crippen molar-refractivity contribution in [2.24, 2.45) is 5.92 Å². The molecular formula is C19H25N3O4. The number of benzene rings is 1. The average Bonchev–Trinajstić information content (AvgIpc) is 2.96. The predicted molar refractivity (Wildman–Crippen MR) is 94.2 cm³/mol. The van der Waals surface area contributed by atoms with Crippen molar-refractivity contribution in [3.05, 3.63) is 35.9 Å². The molecule has 26 heavy (non-hydrogen) atoms. The summed E-state index contributed by atoms with van der Waals surface area (Å²) >= 11 is 0. The number of hydrogen-bond donors (Lipinski definition) is 3. The topological polar surface area (TPSA) is 98.7 Å². The van der Waals surface area contributed by atoms with Crippen molar-refractivity contribution in [1.82, 2.24) is 15.7 Å². The van der Waals surface area contributed by atoms with Crippen LogP contribution in [0.25, 0.3) is 0 Å². The van der Waals surface area contributed by atoms with Crippen molar-refractivity contribution in [2.45, 2.75) is 57.0 Å². The van der Waals surface area contributed by atoms with E-state index < -0.39 is 24.0 Å². The Balaban J connectivity index is 1.72. The molecule has 7 nitrogen and oxygen atoms in total. The molecule has 2 atom stereocenters. The largest absolute Gasteiger partial charge is 0.326 e. The fourth-order valence-corrected chi connectivity index (χ4v) is 4.02. The minimum absolute atomic E-state index is 0.113. The van der Waals surface area contributed by atoms with Crippen LogP contribution in [0.2, 0.25) is 0 Å². The fraction of sp³-hybridized carbons (Fsp3) is 0.526. The van der Waals surface area contributed by atoms with Crippen LogP contribution in [0.3, 0.4) is 0 Å².